The molecule has 0 N–H and O–H groups in total. The van der Waals surface area contributed by atoms with E-state index in [1.165, 1.54) is 38.8 Å². The van der Waals surface area contributed by atoms with E-state index in [9.17, 15) is 0 Å². The van der Waals surface area contributed by atoms with E-state index in [0.717, 1.165) is 22.9 Å². The Hall–Kier alpha value is -1.06. The molecule has 1 aliphatic rings. The first-order chi connectivity index (χ1) is 8.81. The summed E-state index contributed by atoms with van der Waals surface area (Å²) >= 11 is 5.98. The monoisotopic (exact) mass is 263 g/mol. The molecule has 2 aromatic heterocycles. The number of hydrogen-bond acceptors (Lipinski definition) is 2. The van der Waals surface area contributed by atoms with Crippen molar-refractivity contribution in [3.63, 3.8) is 0 Å². The van der Waals surface area contributed by atoms with Crippen LogP contribution < -0.4 is 0 Å². The largest absolute Gasteiger partial charge is 0.307 e. The molecule has 0 unspecified atom stereocenters. The Kier molecular flexibility index (Phi) is 3.52. The Bertz CT molecular complexity index is 527. The van der Waals surface area contributed by atoms with Gasteiger partial charge in [0.25, 0.3) is 0 Å². The molecule has 0 radical (unpaired) electrons. The zero-order chi connectivity index (χ0) is 12.4. The SMILES string of the molecule is Clc1ccn2cc(CN3CCCCCC3)nc2c1. The highest BCUT2D eigenvalue weighted by atomic mass is 35.5. The van der Waals surface area contributed by atoms with Crippen molar-refractivity contribution in [2.24, 2.45) is 0 Å². The van der Waals surface area contributed by atoms with Gasteiger partial charge in [0.05, 0.1) is 5.69 Å². The van der Waals surface area contributed by atoms with E-state index in [4.69, 9.17) is 11.6 Å². The average molecular weight is 264 g/mol. The molecule has 4 heteroatoms. The molecule has 0 amide bonds. The molecule has 0 aliphatic carbocycles. The molecule has 2 aromatic rings. The molecule has 0 saturated carbocycles. The van der Waals surface area contributed by atoms with Crippen molar-refractivity contribution < 1.29 is 0 Å². The van der Waals surface area contributed by atoms with E-state index in [2.05, 4.69) is 16.1 Å². The number of aromatic nitrogens is 2. The number of nitrogens with zero attached hydrogens (tertiary/aromatic N) is 3. The fraction of sp³-hybridized carbons (Fsp3) is 0.500. The number of likely N-dealkylation sites (tertiary alicyclic amines) is 1. The zero-order valence-electron chi connectivity index (χ0n) is 10.5. The smallest absolute Gasteiger partial charge is 0.138 e. The van der Waals surface area contributed by atoms with Gasteiger partial charge in [0.1, 0.15) is 5.65 Å². The van der Waals surface area contributed by atoms with Crippen LogP contribution in [0, 0.1) is 0 Å². The summed E-state index contributed by atoms with van der Waals surface area (Å²) in [6, 6.07) is 3.80. The predicted molar refractivity (Wildman–Crippen MR) is 73.9 cm³/mol. The maximum Gasteiger partial charge on any atom is 0.138 e. The standard InChI is InChI=1S/C14H18ClN3/c15-12-5-8-18-11-13(16-14(18)9-12)10-17-6-3-1-2-4-7-17/h5,8-9,11H,1-4,6-7,10H2. The van der Waals surface area contributed by atoms with Crippen LogP contribution in [0.3, 0.4) is 0 Å². The lowest BCUT2D eigenvalue weighted by Gasteiger charge is -2.17. The minimum absolute atomic E-state index is 0.745. The molecule has 1 saturated heterocycles. The third-order valence-electron chi connectivity index (χ3n) is 3.56. The van der Waals surface area contributed by atoms with E-state index in [1.807, 2.05) is 22.7 Å². The molecule has 1 aliphatic heterocycles. The van der Waals surface area contributed by atoms with E-state index < -0.39 is 0 Å². The average Bonchev–Trinajstić information content (AvgIpc) is 2.57. The molecular weight excluding hydrogens is 246 g/mol. The van der Waals surface area contributed by atoms with Gasteiger partial charge in [-0.05, 0) is 38.1 Å². The Labute approximate surface area is 112 Å². The first-order valence-corrected chi connectivity index (χ1v) is 7.04. The summed E-state index contributed by atoms with van der Waals surface area (Å²) in [6.45, 7) is 3.36. The number of pyridine rings is 1. The van der Waals surface area contributed by atoms with Gasteiger partial charge in [-0.15, -0.1) is 0 Å². The number of hydrogen-bond donors (Lipinski definition) is 0. The quantitative estimate of drug-likeness (QED) is 0.828. The van der Waals surface area contributed by atoms with Crippen LogP contribution in [0.4, 0.5) is 0 Å². The molecular formula is C14H18ClN3. The van der Waals surface area contributed by atoms with Crippen molar-refractivity contribution >= 4 is 17.2 Å². The van der Waals surface area contributed by atoms with Crippen molar-refractivity contribution in [1.29, 1.82) is 0 Å². The highest BCUT2D eigenvalue weighted by molar-refractivity contribution is 6.30. The van der Waals surface area contributed by atoms with Gasteiger partial charge in [0, 0.05) is 24.0 Å². The summed E-state index contributed by atoms with van der Waals surface area (Å²) in [7, 11) is 0. The molecule has 3 nitrogen and oxygen atoms in total. The molecule has 96 valence electrons. The van der Waals surface area contributed by atoms with E-state index in [0.29, 0.717) is 0 Å². The second-order valence-corrected chi connectivity index (χ2v) is 5.47. The summed E-state index contributed by atoms with van der Waals surface area (Å²) in [5.74, 6) is 0. The van der Waals surface area contributed by atoms with Gasteiger partial charge in [-0.2, -0.15) is 0 Å². The predicted octanol–water partition coefficient (Wildman–Crippen LogP) is 3.36. The number of halogens is 1. The lowest BCUT2D eigenvalue weighted by Crippen LogP contribution is -2.24. The third-order valence-corrected chi connectivity index (χ3v) is 3.79. The van der Waals surface area contributed by atoms with Crippen molar-refractivity contribution in [2.75, 3.05) is 13.1 Å². The van der Waals surface area contributed by atoms with Gasteiger partial charge in [-0.1, -0.05) is 24.4 Å². The van der Waals surface area contributed by atoms with Crippen LogP contribution in [0.1, 0.15) is 31.4 Å². The number of rotatable bonds is 2. The van der Waals surface area contributed by atoms with Gasteiger partial charge in [-0.3, -0.25) is 4.90 Å². The Balaban J connectivity index is 1.77. The Morgan fingerprint density at radius 1 is 1.17 bits per heavy atom. The second kappa shape index (κ2) is 5.29. The van der Waals surface area contributed by atoms with Crippen molar-refractivity contribution in [2.45, 2.75) is 32.2 Å². The zero-order valence-corrected chi connectivity index (χ0v) is 11.2. The summed E-state index contributed by atoms with van der Waals surface area (Å²) in [6.07, 6.45) is 9.46. The fourth-order valence-electron chi connectivity index (χ4n) is 2.61. The fourth-order valence-corrected chi connectivity index (χ4v) is 2.76. The highest BCUT2D eigenvalue weighted by Crippen LogP contribution is 2.15. The Morgan fingerprint density at radius 3 is 2.72 bits per heavy atom. The molecule has 3 heterocycles. The van der Waals surface area contributed by atoms with Crippen LogP contribution >= 0.6 is 11.6 Å². The normalized spacial score (nSPS) is 18.1. The van der Waals surface area contributed by atoms with E-state index in [1.54, 1.807) is 0 Å². The van der Waals surface area contributed by atoms with Gasteiger partial charge >= 0.3 is 0 Å². The topological polar surface area (TPSA) is 20.5 Å². The van der Waals surface area contributed by atoms with Crippen molar-refractivity contribution in [1.82, 2.24) is 14.3 Å². The van der Waals surface area contributed by atoms with Gasteiger partial charge in [0.15, 0.2) is 0 Å². The maximum atomic E-state index is 5.98. The van der Waals surface area contributed by atoms with Crippen LogP contribution in [-0.2, 0) is 6.54 Å². The van der Waals surface area contributed by atoms with E-state index >= 15 is 0 Å². The molecule has 0 spiro atoms. The Morgan fingerprint density at radius 2 is 1.94 bits per heavy atom. The molecule has 3 rings (SSSR count). The van der Waals surface area contributed by atoms with Crippen molar-refractivity contribution in [3.8, 4) is 0 Å². The van der Waals surface area contributed by atoms with Crippen LogP contribution in [0.2, 0.25) is 5.02 Å². The molecule has 0 bridgehead atoms. The van der Waals surface area contributed by atoms with Crippen molar-refractivity contribution in [3.05, 3.63) is 35.2 Å². The first kappa shape index (κ1) is 12.0. The van der Waals surface area contributed by atoms with Gasteiger partial charge in [0.2, 0.25) is 0 Å². The van der Waals surface area contributed by atoms with E-state index in [-0.39, 0.29) is 0 Å². The number of fused-ring (bicyclic) bond motifs is 1. The van der Waals surface area contributed by atoms with Crippen LogP contribution in [0.15, 0.2) is 24.5 Å². The molecule has 0 aromatic carbocycles. The van der Waals surface area contributed by atoms with Crippen LogP contribution in [0.5, 0.6) is 0 Å². The molecule has 18 heavy (non-hydrogen) atoms. The lowest BCUT2D eigenvalue weighted by atomic mass is 10.2. The molecule has 0 atom stereocenters. The first-order valence-electron chi connectivity index (χ1n) is 6.67. The highest BCUT2D eigenvalue weighted by Gasteiger charge is 2.11. The minimum atomic E-state index is 0.745. The second-order valence-electron chi connectivity index (χ2n) is 5.03. The minimum Gasteiger partial charge on any atom is -0.307 e. The summed E-state index contributed by atoms with van der Waals surface area (Å²) in [5.41, 5.74) is 2.08. The summed E-state index contributed by atoms with van der Waals surface area (Å²) in [5, 5.41) is 0.745. The summed E-state index contributed by atoms with van der Waals surface area (Å²) < 4.78 is 2.04. The third kappa shape index (κ3) is 2.68. The maximum absolute atomic E-state index is 5.98. The number of imidazole rings is 1. The van der Waals surface area contributed by atoms with Crippen LogP contribution in [0.25, 0.3) is 5.65 Å². The summed E-state index contributed by atoms with van der Waals surface area (Å²) in [4.78, 5) is 7.15. The molecule has 1 fully saturated rings. The van der Waals surface area contributed by atoms with Gasteiger partial charge in [-0.25, -0.2) is 4.98 Å². The van der Waals surface area contributed by atoms with Gasteiger partial charge < -0.3 is 4.40 Å². The van der Waals surface area contributed by atoms with Crippen LogP contribution in [-0.4, -0.2) is 27.4 Å². The lowest BCUT2D eigenvalue weighted by molar-refractivity contribution is 0.274.